The second-order valence-electron chi connectivity index (χ2n) is 5.74. The van der Waals surface area contributed by atoms with Crippen LogP contribution in [0.2, 0.25) is 0 Å². The molecule has 1 aliphatic carbocycles. The number of hydrogen-bond donors (Lipinski definition) is 2. The summed E-state index contributed by atoms with van der Waals surface area (Å²) in [4.78, 5) is 12.0. The number of nitrogens with one attached hydrogen (secondary N) is 1. The Morgan fingerprint density at radius 2 is 1.95 bits per heavy atom. The van der Waals surface area contributed by atoms with E-state index in [-0.39, 0.29) is 11.8 Å². The van der Waals surface area contributed by atoms with Crippen molar-refractivity contribution in [3.63, 3.8) is 0 Å². The van der Waals surface area contributed by atoms with Gasteiger partial charge in [-0.05, 0) is 24.8 Å². The van der Waals surface area contributed by atoms with Gasteiger partial charge in [-0.2, -0.15) is 0 Å². The van der Waals surface area contributed by atoms with E-state index >= 15 is 0 Å². The van der Waals surface area contributed by atoms with E-state index in [1.807, 2.05) is 37.3 Å². The van der Waals surface area contributed by atoms with E-state index in [2.05, 4.69) is 5.32 Å². The van der Waals surface area contributed by atoms with Crippen molar-refractivity contribution in [1.82, 2.24) is 5.32 Å². The highest BCUT2D eigenvalue weighted by Crippen LogP contribution is 2.28. The van der Waals surface area contributed by atoms with Crippen molar-refractivity contribution >= 4 is 5.91 Å². The van der Waals surface area contributed by atoms with Crippen LogP contribution in [-0.4, -0.2) is 23.2 Å². The molecular formula is C16H23NO2. The van der Waals surface area contributed by atoms with Crippen LogP contribution in [0.5, 0.6) is 0 Å². The molecule has 3 heteroatoms. The number of aliphatic hydroxyl groups is 1. The molecule has 1 fully saturated rings. The van der Waals surface area contributed by atoms with Gasteiger partial charge in [-0.3, -0.25) is 4.79 Å². The molecule has 0 heterocycles. The smallest absolute Gasteiger partial charge is 0.223 e. The number of benzene rings is 1. The second-order valence-corrected chi connectivity index (χ2v) is 5.74. The first-order valence-corrected chi connectivity index (χ1v) is 7.13. The van der Waals surface area contributed by atoms with E-state index in [1.54, 1.807) is 0 Å². The largest absolute Gasteiger partial charge is 0.388 e. The maximum absolute atomic E-state index is 12.0. The van der Waals surface area contributed by atoms with Gasteiger partial charge in [0.15, 0.2) is 0 Å². The summed E-state index contributed by atoms with van der Waals surface area (Å²) >= 11 is 0. The highest BCUT2D eigenvalue weighted by atomic mass is 16.3. The summed E-state index contributed by atoms with van der Waals surface area (Å²) in [5.74, 6) is -0.0309. The number of rotatable bonds is 5. The summed E-state index contributed by atoms with van der Waals surface area (Å²) in [7, 11) is 0. The molecule has 104 valence electrons. The lowest BCUT2D eigenvalue weighted by molar-refractivity contribution is -0.125. The van der Waals surface area contributed by atoms with Gasteiger partial charge in [-0.25, -0.2) is 0 Å². The van der Waals surface area contributed by atoms with Gasteiger partial charge in [-0.1, -0.05) is 50.1 Å². The molecule has 0 aromatic heterocycles. The summed E-state index contributed by atoms with van der Waals surface area (Å²) in [6.45, 7) is 2.33. The van der Waals surface area contributed by atoms with Crippen molar-refractivity contribution in [3.8, 4) is 0 Å². The minimum atomic E-state index is -0.665. The monoisotopic (exact) mass is 261 g/mol. The third kappa shape index (κ3) is 4.06. The predicted octanol–water partition coefficient (Wildman–Crippen LogP) is 2.29. The van der Waals surface area contributed by atoms with E-state index in [4.69, 9.17) is 0 Å². The summed E-state index contributed by atoms with van der Waals surface area (Å²) in [6.07, 6.45) is 4.48. The fourth-order valence-electron chi connectivity index (χ4n) is 2.70. The van der Waals surface area contributed by atoms with E-state index < -0.39 is 5.60 Å². The van der Waals surface area contributed by atoms with Crippen LogP contribution in [0.25, 0.3) is 0 Å². The molecule has 2 rings (SSSR count). The van der Waals surface area contributed by atoms with Gasteiger partial charge in [0.2, 0.25) is 5.91 Å². The lowest BCUT2D eigenvalue weighted by atomic mass is 9.99. The van der Waals surface area contributed by atoms with Gasteiger partial charge < -0.3 is 10.4 Å². The lowest BCUT2D eigenvalue weighted by Gasteiger charge is -2.23. The zero-order valence-corrected chi connectivity index (χ0v) is 11.6. The van der Waals surface area contributed by atoms with Crippen molar-refractivity contribution < 1.29 is 9.90 Å². The van der Waals surface area contributed by atoms with Crippen LogP contribution in [0.4, 0.5) is 0 Å². The molecule has 3 nitrogen and oxygen atoms in total. The van der Waals surface area contributed by atoms with Gasteiger partial charge in [0.05, 0.1) is 5.60 Å². The Labute approximate surface area is 115 Å². The number of carbonyl (C=O) groups excluding carboxylic acids is 1. The molecule has 0 radical (unpaired) electrons. The molecule has 0 spiro atoms. The molecule has 0 saturated heterocycles. The molecule has 0 aliphatic heterocycles. The van der Waals surface area contributed by atoms with Gasteiger partial charge in [0.1, 0.15) is 0 Å². The van der Waals surface area contributed by atoms with Crippen LogP contribution in [0.3, 0.4) is 0 Å². The van der Waals surface area contributed by atoms with Crippen molar-refractivity contribution in [2.45, 2.75) is 44.6 Å². The van der Waals surface area contributed by atoms with E-state index in [0.29, 0.717) is 6.54 Å². The van der Waals surface area contributed by atoms with Gasteiger partial charge in [-0.15, -0.1) is 0 Å². The molecule has 2 N–H and O–H groups in total. The van der Waals surface area contributed by atoms with Gasteiger partial charge >= 0.3 is 0 Å². The maximum Gasteiger partial charge on any atom is 0.223 e. The average molecular weight is 261 g/mol. The van der Waals surface area contributed by atoms with Crippen molar-refractivity contribution in [3.05, 3.63) is 35.9 Å². The molecular weight excluding hydrogens is 238 g/mol. The van der Waals surface area contributed by atoms with E-state index in [0.717, 1.165) is 32.1 Å². The highest BCUT2D eigenvalue weighted by Gasteiger charge is 2.31. The normalized spacial score (nSPS) is 19.1. The van der Waals surface area contributed by atoms with Crippen molar-refractivity contribution in [2.75, 3.05) is 6.54 Å². The minimum absolute atomic E-state index is 0.0316. The van der Waals surface area contributed by atoms with Crippen LogP contribution in [-0.2, 0) is 11.2 Å². The first-order valence-electron chi connectivity index (χ1n) is 7.13. The molecule has 1 amide bonds. The quantitative estimate of drug-likeness (QED) is 0.854. The fourth-order valence-corrected chi connectivity index (χ4v) is 2.70. The standard InChI is InChI=1S/C16H23NO2/c1-13(11-14-7-3-2-4-8-14)15(18)17-12-16(19)9-5-6-10-16/h2-4,7-8,13,19H,5-6,9-12H2,1H3,(H,17,18). The third-order valence-corrected chi connectivity index (χ3v) is 3.96. The topological polar surface area (TPSA) is 49.3 Å². The minimum Gasteiger partial charge on any atom is -0.388 e. The van der Waals surface area contributed by atoms with Crippen LogP contribution in [0, 0.1) is 5.92 Å². The zero-order valence-electron chi connectivity index (χ0n) is 11.6. The lowest BCUT2D eigenvalue weighted by Crippen LogP contribution is -2.42. The summed E-state index contributed by atoms with van der Waals surface area (Å²) in [6, 6.07) is 10.0. The first-order chi connectivity index (χ1) is 9.09. The van der Waals surface area contributed by atoms with Gasteiger partial charge in [0.25, 0.3) is 0 Å². The number of amides is 1. The second kappa shape index (κ2) is 6.20. The Hall–Kier alpha value is -1.35. The van der Waals surface area contributed by atoms with Crippen LogP contribution in [0.15, 0.2) is 30.3 Å². The SMILES string of the molecule is CC(Cc1ccccc1)C(=O)NCC1(O)CCCC1. The van der Waals surface area contributed by atoms with Crippen LogP contribution < -0.4 is 5.32 Å². The fraction of sp³-hybridized carbons (Fsp3) is 0.562. The average Bonchev–Trinajstić information content (AvgIpc) is 2.84. The Balaban J connectivity index is 1.79. The molecule has 1 saturated carbocycles. The van der Waals surface area contributed by atoms with Crippen molar-refractivity contribution in [1.29, 1.82) is 0 Å². The Kier molecular flexibility index (Phi) is 4.59. The van der Waals surface area contributed by atoms with E-state index in [9.17, 15) is 9.90 Å². The zero-order chi connectivity index (χ0) is 13.7. The Bertz CT molecular complexity index is 410. The molecule has 1 aromatic rings. The maximum atomic E-state index is 12.0. The molecule has 19 heavy (non-hydrogen) atoms. The summed E-state index contributed by atoms with van der Waals surface area (Å²) in [5.41, 5.74) is 0.506. The molecule has 1 aliphatic rings. The number of hydrogen-bond acceptors (Lipinski definition) is 2. The highest BCUT2D eigenvalue weighted by molar-refractivity contribution is 5.78. The third-order valence-electron chi connectivity index (χ3n) is 3.96. The molecule has 1 atom stereocenters. The molecule has 1 aromatic carbocycles. The van der Waals surface area contributed by atoms with Crippen molar-refractivity contribution in [2.24, 2.45) is 5.92 Å². The van der Waals surface area contributed by atoms with Crippen LogP contribution >= 0.6 is 0 Å². The predicted molar refractivity (Wildman–Crippen MR) is 75.7 cm³/mol. The summed E-state index contributed by atoms with van der Waals surface area (Å²) in [5, 5.41) is 13.1. The number of carbonyl (C=O) groups is 1. The van der Waals surface area contributed by atoms with Gasteiger partial charge in [0, 0.05) is 12.5 Å². The molecule has 0 bridgehead atoms. The Morgan fingerprint density at radius 1 is 1.32 bits per heavy atom. The Morgan fingerprint density at radius 3 is 2.58 bits per heavy atom. The van der Waals surface area contributed by atoms with Crippen LogP contribution in [0.1, 0.15) is 38.2 Å². The first kappa shape index (κ1) is 14.1. The molecule has 1 unspecified atom stereocenters. The summed E-state index contributed by atoms with van der Waals surface area (Å²) < 4.78 is 0. The van der Waals surface area contributed by atoms with E-state index in [1.165, 1.54) is 5.56 Å².